The van der Waals surface area contributed by atoms with E-state index in [0.29, 0.717) is 6.54 Å². The maximum absolute atomic E-state index is 8.99. The predicted octanol–water partition coefficient (Wildman–Crippen LogP) is 1.06. The summed E-state index contributed by atoms with van der Waals surface area (Å²) < 4.78 is 5.41. The highest BCUT2D eigenvalue weighted by molar-refractivity contribution is 5.58. The van der Waals surface area contributed by atoms with E-state index < -0.39 is 5.54 Å². The molecular weight excluding hydrogens is 252 g/mol. The Hall–Kier alpha value is -1.77. The Morgan fingerprint density at radius 3 is 2.55 bits per heavy atom. The highest BCUT2D eigenvalue weighted by atomic mass is 16.5. The predicted molar refractivity (Wildman–Crippen MR) is 79.9 cm³/mol. The van der Waals surface area contributed by atoms with Crippen LogP contribution in [0.5, 0.6) is 5.75 Å². The fraction of sp³-hybridized carbons (Fsp3) is 0.533. The summed E-state index contributed by atoms with van der Waals surface area (Å²) in [5, 5.41) is 8.99. The molecule has 0 radical (unpaired) electrons. The van der Waals surface area contributed by atoms with E-state index in [0.717, 1.165) is 37.6 Å². The van der Waals surface area contributed by atoms with E-state index in [4.69, 9.17) is 15.7 Å². The number of nitriles is 1. The van der Waals surface area contributed by atoms with Crippen molar-refractivity contribution in [3.05, 3.63) is 24.3 Å². The third-order valence-corrected chi connectivity index (χ3v) is 3.61. The maximum atomic E-state index is 8.99. The Labute approximate surface area is 120 Å². The molecule has 5 heteroatoms. The van der Waals surface area contributed by atoms with E-state index in [1.54, 1.807) is 14.0 Å². The molecule has 1 aromatic rings. The number of methoxy groups -OCH3 is 1. The van der Waals surface area contributed by atoms with Gasteiger partial charge in [0.05, 0.1) is 18.9 Å². The molecule has 1 heterocycles. The van der Waals surface area contributed by atoms with Crippen molar-refractivity contribution in [2.24, 2.45) is 5.73 Å². The van der Waals surface area contributed by atoms with Crippen LogP contribution in [0.2, 0.25) is 0 Å². The molecule has 2 rings (SSSR count). The number of nitrogens with zero attached hydrogens (tertiary/aromatic N) is 3. The molecule has 0 spiro atoms. The Bertz CT molecular complexity index is 487. The normalized spacial score (nSPS) is 19.2. The van der Waals surface area contributed by atoms with Crippen molar-refractivity contribution in [2.75, 3.05) is 44.7 Å². The lowest BCUT2D eigenvalue weighted by Gasteiger charge is -2.38. The zero-order chi connectivity index (χ0) is 14.6. The molecule has 0 amide bonds. The van der Waals surface area contributed by atoms with Crippen molar-refractivity contribution < 1.29 is 4.74 Å². The molecule has 0 bridgehead atoms. The third kappa shape index (κ3) is 3.41. The molecule has 2 N–H and O–H groups in total. The minimum Gasteiger partial charge on any atom is -0.495 e. The molecule has 1 aliphatic heterocycles. The number of piperazine rings is 1. The number of benzene rings is 1. The van der Waals surface area contributed by atoms with Crippen molar-refractivity contribution in [3.8, 4) is 11.8 Å². The van der Waals surface area contributed by atoms with Crippen LogP contribution in [-0.2, 0) is 0 Å². The second kappa shape index (κ2) is 6.12. The van der Waals surface area contributed by atoms with Crippen LogP contribution < -0.4 is 15.4 Å². The summed E-state index contributed by atoms with van der Waals surface area (Å²) in [5.41, 5.74) is 6.26. The van der Waals surface area contributed by atoms with E-state index >= 15 is 0 Å². The van der Waals surface area contributed by atoms with Gasteiger partial charge in [0.25, 0.3) is 0 Å². The molecule has 1 aromatic carbocycles. The van der Waals surface area contributed by atoms with Crippen LogP contribution in [0.15, 0.2) is 24.3 Å². The fourth-order valence-corrected chi connectivity index (χ4v) is 2.54. The van der Waals surface area contributed by atoms with Gasteiger partial charge in [-0.2, -0.15) is 5.26 Å². The van der Waals surface area contributed by atoms with Gasteiger partial charge in [0.15, 0.2) is 0 Å². The zero-order valence-corrected chi connectivity index (χ0v) is 12.2. The van der Waals surface area contributed by atoms with E-state index in [9.17, 15) is 0 Å². The fourth-order valence-electron chi connectivity index (χ4n) is 2.54. The number of para-hydroxylation sites is 2. The van der Waals surface area contributed by atoms with Crippen LogP contribution in [0.25, 0.3) is 0 Å². The first-order chi connectivity index (χ1) is 9.55. The zero-order valence-electron chi connectivity index (χ0n) is 12.2. The van der Waals surface area contributed by atoms with Crippen LogP contribution in [-0.4, -0.2) is 50.3 Å². The summed E-state index contributed by atoms with van der Waals surface area (Å²) in [7, 11) is 1.70. The topological polar surface area (TPSA) is 65.5 Å². The second-order valence-electron chi connectivity index (χ2n) is 5.46. The average Bonchev–Trinajstić information content (AvgIpc) is 2.48. The maximum Gasteiger partial charge on any atom is 0.142 e. The lowest BCUT2D eigenvalue weighted by Crippen LogP contribution is -2.53. The first-order valence-corrected chi connectivity index (χ1v) is 6.86. The van der Waals surface area contributed by atoms with Crippen molar-refractivity contribution in [1.82, 2.24) is 4.90 Å². The van der Waals surface area contributed by atoms with Crippen LogP contribution in [0.1, 0.15) is 6.92 Å². The molecule has 5 nitrogen and oxygen atoms in total. The Morgan fingerprint density at radius 1 is 1.30 bits per heavy atom. The van der Waals surface area contributed by atoms with Gasteiger partial charge in [-0.3, -0.25) is 4.90 Å². The van der Waals surface area contributed by atoms with Gasteiger partial charge in [-0.05, 0) is 19.1 Å². The van der Waals surface area contributed by atoms with E-state index in [-0.39, 0.29) is 0 Å². The van der Waals surface area contributed by atoms with Gasteiger partial charge in [0.2, 0.25) is 0 Å². The summed E-state index contributed by atoms with van der Waals surface area (Å²) in [4.78, 5) is 4.56. The van der Waals surface area contributed by atoms with Gasteiger partial charge >= 0.3 is 0 Å². The highest BCUT2D eigenvalue weighted by Crippen LogP contribution is 2.28. The minimum absolute atomic E-state index is 0.614. The molecule has 1 unspecified atom stereocenters. The lowest BCUT2D eigenvalue weighted by atomic mass is 10.1. The van der Waals surface area contributed by atoms with E-state index in [2.05, 4.69) is 21.9 Å². The molecule has 20 heavy (non-hydrogen) atoms. The smallest absolute Gasteiger partial charge is 0.142 e. The lowest BCUT2D eigenvalue weighted by molar-refractivity contribution is 0.227. The molecule has 108 valence electrons. The van der Waals surface area contributed by atoms with Crippen molar-refractivity contribution in [2.45, 2.75) is 12.5 Å². The first kappa shape index (κ1) is 14.6. The van der Waals surface area contributed by atoms with Gasteiger partial charge in [-0.15, -0.1) is 0 Å². The number of rotatable bonds is 4. The van der Waals surface area contributed by atoms with Crippen LogP contribution in [0.4, 0.5) is 5.69 Å². The number of nitrogens with two attached hydrogens (primary N) is 1. The Kier molecular flexibility index (Phi) is 4.48. The summed E-state index contributed by atoms with van der Waals surface area (Å²) in [6, 6.07) is 10.2. The quantitative estimate of drug-likeness (QED) is 0.889. The summed E-state index contributed by atoms with van der Waals surface area (Å²) in [6.45, 7) is 6.05. The monoisotopic (exact) mass is 274 g/mol. The molecule has 1 fully saturated rings. The molecule has 0 aromatic heterocycles. The van der Waals surface area contributed by atoms with Crippen LogP contribution in [0, 0.1) is 11.3 Å². The standard InChI is InChI=1S/C15H22N4O/c1-15(17,11-16)12-18-7-9-19(10-8-18)13-5-3-4-6-14(13)20-2/h3-6H,7-10,12,17H2,1-2H3. The number of hydrogen-bond acceptors (Lipinski definition) is 5. The number of ether oxygens (including phenoxy) is 1. The summed E-state index contributed by atoms with van der Waals surface area (Å²) in [6.07, 6.45) is 0. The van der Waals surface area contributed by atoms with Crippen molar-refractivity contribution >= 4 is 5.69 Å². The minimum atomic E-state index is -0.771. The Morgan fingerprint density at radius 2 is 1.95 bits per heavy atom. The first-order valence-electron chi connectivity index (χ1n) is 6.86. The molecule has 0 aliphatic carbocycles. The number of hydrogen-bond donors (Lipinski definition) is 1. The highest BCUT2D eigenvalue weighted by Gasteiger charge is 2.25. The van der Waals surface area contributed by atoms with E-state index in [1.165, 1.54) is 0 Å². The average molecular weight is 274 g/mol. The molecule has 1 atom stereocenters. The van der Waals surface area contributed by atoms with Crippen molar-refractivity contribution in [3.63, 3.8) is 0 Å². The second-order valence-corrected chi connectivity index (χ2v) is 5.46. The van der Waals surface area contributed by atoms with E-state index in [1.807, 2.05) is 18.2 Å². The molecular formula is C15H22N4O. The molecule has 0 saturated carbocycles. The van der Waals surface area contributed by atoms with Gasteiger partial charge < -0.3 is 15.4 Å². The van der Waals surface area contributed by atoms with Gasteiger partial charge in [-0.25, -0.2) is 0 Å². The largest absolute Gasteiger partial charge is 0.495 e. The SMILES string of the molecule is COc1ccccc1N1CCN(CC(C)(N)C#N)CC1. The van der Waals surface area contributed by atoms with Crippen LogP contribution in [0.3, 0.4) is 0 Å². The van der Waals surface area contributed by atoms with Crippen molar-refractivity contribution in [1.29, 1.82) is 5.26 Å². The van der Waals surface area contributed by atoms with Gasteiger partial charge in [-0.1, -0.05) is 12.1 Å². The summed E-state index contributed by atoms with van der Waals surface area (Å²) in [5.74, 6) is 0.904. The molecule has 1 saturated heterocycles. The number of anilines is 1. The molecule has 1 aliphatic rings. The van der Waals surface area contributed by atoms with Crippen LogP contribution >= 0.6 is 0 Å². The Balaban J connectivity index is 1.96. The van der Waals surface area contributed by atoms with Gasteiger partial charge in [0, 0.05) is 32.7 Å². The third-order valence-electron chi connectivity index (χ3n) is 3.61. The summed E-state index contributed by atoms with van der Waals surface area (Å²) >= 11 is 0. The van der Waals surface area contributed by atoms with Gasteiger partial charge in [0.1, 0.15) is 11.3 Å².